The van der Waals surface area contributed by atoms with E-state index in [1.165, 1.54) is 17.0 Å². The van der Waals surface area contributed by atoms with E-state index in [0.29, 0.717) is 37.9 Å². The number of hydrogen-bond acceptors (Lipinski definition) is 4. The van der Waals surface area contributed by atoms with Crippen molar-refractivity contribution in [2.75, 3.05) is 13.2 Å². The predicted molar refractivity (Wildman–Crippen MR) is 143 cm³/mol. The average molecular weight is 534 g/mol. The number of carbonyl (C=O) groups is 2. The van der Waals surface area contributed by atoms with Gasteiger partial charge in [-0.15, -0.1) is 18.1 Å². The Morgan fingerprint density at radius 3 is 2.53 bits per heavy atom. The van der Waals surface area contributed by atoms with Crippen LogP contribution in [0, 0.1) is 11.7 Å². The lowest BCUT2D eigenvalue weighted by atomic mass is 9.92. The molecule has 0 spiro atoms. The van der Waals surface area contributed by atoms with Crippen LogP contribution < -0.4 is 0 Å². The number of ether oxygens (including phenoxy) is 1. The molecule has 2 aromatic rings. The van der Waals surface area contributed by atoms with Crippen LogP contribution in [0.4, 0.5) is 9.18 Å². The molecule has 0 saturated carbocycles. The van der Waals surface area contributed by atoms with Crippen LogP contribution in [0.25, 0.3) is 0 Å². The monoisotopic (exact) mass is 533 g/mol. The van der Waals surface area contributed by atoms with E-state index < -0.39 is 26.1 Å². The van der Waals surface area contributed by atoms with Gasteiger partial charge in [-0.05, 0) is 57.3 Å². The minimum absolute atomic E-state index is 0.0374. The first-order valence-electron chi connectivity index (χ1n) is 12.5. The first-order valence-corrected chi connectivity index (χ1v) is 15.8. The van der Waals surface area contributed by atoms with Crippen LogP contribution in [0.15, 0.2) is 48.5 Å². The van der Waals surface area contributed by atoms with Gasteiger partial charge in [0.05, 0.1) is 11.1 Å². The molecule has 1 aliphatic heterocycles. The summed E-state index contributed by atoms with van der Waals surface area (Å²) in [5.74, 6) is -1.33. The van der Waals surface area contributed by atoms with Gasteiger partial charge in [-0.25, -0.2) is 14.1 Å². The maximum Gasteiger partial charge on any atom is 0.416 e. The van der Waals surface area contributed by atoms with Crippen molar-refractivity contribution in [2.45, 2.75) is 70.6 Å². The second kappa shape index (κ2) is 11.9. The highest BCUT2D eigenvalue weighted by molar-refractivity contribution is 6.74. The minimum Gasteiger partial charge on any atom is -0.565 e. The molecule has 1 heterocycles. The molecular weight excluding hydrogens is 497 g/mol. The number of hydrogen-bond donors (Lipinski definition) is 0. The lowest BCUT2D eigenvalue weighted by Crippen LogP contribution is -2.44. The quantitative estimate of drug-likeness (QED) is 0.243. The van der Waals surface area contributed by atoms with Crippen LogP contribution in [-0.2, 0) is 26.8 Å². The molecule has 2 amide bonds. The third kappa shape index (κ3) is 7.17. The van der Waals surface area contributed by atoms with E-state index in [1.807, 2.05) is 30.3 Å². The van der Waals surface area contributed by atoms with Gasteiger partial charge in [0.2, 0.25) is 5.91 Å². The standard InChI is InChI=1S/C28H37ClFNO4Si/c1-28(2,3)36(4,5)35-15-9-12-22(16-21-13-14-24(29)25(30)18-21)26(32)31-23(19-34-27(31)33)17-20-10-7-6-8-11-20/h6-8,10-11,13-14,18,22-23H,9,12,15-17,19H2,1-5H3/q-1/t22-,23-/m1/s1. The molecule has 36 heavy (non-hydrogen) atoms. The summed E-state index contributed by atoms with van der Waals surface area (Å²) in [5, 5.41) is 0.128. The predicted octanol–water partition coefficient (Wildman–Crippen LogP) is 7.03. The summed E-state index contributed by atoms with van der Waals surface area (Å²) in [7, 11) is -1.92. The van der Waals surface area contributed by atoms with E-state index >= 15 is 0 Å². The van der Waals surface area contributed by atoms with Crippen LogP contribution in [0.3, 0.4) is 0 Å². The Morgan fingerprint density at radius 1 is 1.19 bits per heavy atom. The molecular formula is C28H37ClFNO4Si-. The number of nitrogens with zero attached hydrogens (tertiary/aromatic N) is 1. The highest BCUT2D eigenvalue weighted by atomic mass is 35.5. The molecule has 1 saturated heterocycles. The van der Waals surface area contributed by atoms with Gasteiger partial charge in [0.25, 0.3) is 0 Å². The number of benzene rings is 2. The summed E-state index contributed by atoms with van der Waals surface area (Å²) in [6.07, 6.45) is 1.38. The minimum atomic E-state index is -1.92. The van der Waals surface area contributed by atoms with Gasteiger partial charge in [0.15, 0.2) is 0 Å². The molecule has 3 rings (SSSR count). The molecule has 197 valence electrons. The summed E-state index contributed by atoms with van der Waals surface area (Å²) >= 11 is 5.86. The Hall–Kier alpha value is -2.22. The summed E-state index contributed by atoms with van der Waals surface area (Å²) < 4.78 is 25.7. The lowest BCUT2D eigenvalue weighted by Gasteiger charge is -2.48. The van der Waals surface area contributed by atoms with E-state index in [9.17, 15) is 14.0 Å². The topological polar surface area (TPSA) is 55.8 Å². The SMILES string of the molecule is CC(C)(C)[Si-](C)(C)OCCC[C@H](Cc1ccc(Cl)c(F)c1)C(=O)N1C(=O)OC[C@H]1Cc1ccccc1. The molecule has 0 aromatic heterocycles. The number of carbonyl (C=O) groups excluding carboxylic acids is 2. The molecule has 1 aliphatic rings. The Bertz CT molecular complexity index is 1060. The fourth-order valence-corrected chi connectivity index (χ4v) is 5.31. The van der Waals surface area contributed by atoms with Crippen LogP contribution >= 0.6 is 11.6 Å². The molecule has 5 nitrogen and oxygen atoms in total. The zero-order valence-corrected chi connectivity index (χ0v) is 23.6. The summed E-state index contributed by atoms with van der Waals surface area (Å²) in [4.78, 5) is 27.6. The Balaban J connectivity index is 1.76. The molecule has 1 fully saturated rings. The van der Waals surface area contributed by atoms with Crippen molar-refractivity contribution in [3.63, 3.8) is 0 Å². The molecule has 0 aliphatic carbocycles. The van der Waals surface area contributed by atoms with Gasteiger partial charge in [-0.2, -0.15) is 0 Å². The first kappa shape index (κ1) is 28.3. The number of cyclic esters (lactones) is 1. The van der Waals surface area contributed by atoms with Crippen molar-refractivity contribution >= 4 is 31.9 Å². The zero-order chi connectivity index (χ0) is 26.5. The smallest absolute Gasteiger partial charge is 0.416 e. The fourth-order valence-electron chi connectivity index (χ4n) is 4.10. The first-order chi connectivity index (χ1) is 16.9. The normalized spacial score (nSPS) is 17.2. The van der Waals surface area contributed by atoms with Gasteiger partial charge in [0, 0.05) is 12.5 Å². The average Bonchev–Trinajstić information content (AvgIpc) is 3.17. The van der Waals surface area contributed by atoms with Gasteiger partial charge in [-0.3, -0.25) is 4.79 Å². The van der Waals surface area contributed by atoms with Crippen molar-refractivity contribution in [1.82, 2.24) is 4.90 Å². The number of amides is 2. The molecule has 2 atom stereocenters. The molecule has 0 bridgehead atoms. The van der Waals surface area contributed by atoms with Crippen LogP contribution in [0.5, 0.6) is 0 Å². The maximum atomic E-state index is 14.1. The maximum absolute atomic E-state index is 14.1. The Morgan fingerprint density at radius 2 is 1.89 bits per heavy atom. The van der Waals surface area contributed by atoms with Gasteiger partial charge in [0.1, 0.15) is 12.4 Å². The van der Waals surface area contributed by atoms with Crippen LogP contribution in [0.1, 0.15) is 44.7 Å². The van der Waals surface area contributed by atoms with Crippen molar-refractivity contribution in [2.24, 2.45) is 5.92 Å². The fraction of sp³-hybridized carbons (Fsp3) is 0.500. The van der Waals surface area contributed by atoms with E-state index in [0.717, 1.165) is 5.56 Å². The van der Waals surface area contributed by atoms with Crippen molar-refractivity contribution in [3.8, 4) is 0 Å². The van der Waals surface area contributed by atoms with E-state index in [2.05, 4.69) is 33.9 Å². The second-order valence-electron chi connectivity index (χ2n) is 11.0. The van der Waals surface area contributed by atoms with E-state index in [-0.39, 0.29) is 28.6 Å². The summed E-state index contributed by atoms with van der Waals surface area (Å²) in [6, 6.07) is 13.9. The summed E-state index contributed by atoms with van der Waals surface area (Å²) in [5.41, 5.74) is 1.69. The van der Waals surface area contributed by atoms with Crippen LogP contribution in [-0.4, -0.2) is 44.5 Å². The van der Waals surface area contributed by atoms with Crippen molar-refractivity contribution in [1.29, 1.82) is 0 Å². The number of halogens is 2. The largest absolute Gasteiger partial charge is 0.565 e. The van der Waals surface area contributed by atoms with Crippen LogP contribution in [0.2, 0.25) is 23.2 Å². The van der Waals surface area contributed by atoms with Crippen molar-refractivity contribution < 1.29 is 23.1 Å². The zero-order valence-electron chi connectivity index (χ0n) is 21.9. The number of imide groups is 1. The lowest BCUT2D eigenvalue weighted by molar-refractivity contribution is -0.133. The Labute approximate surface area is 220 Å². The third-order valence-electron chi connectivity index (χ3n) is 7.29. The van der Waals surface area contributed by atoms with E-state index in [1.54, 1.807) is 6.07 Å². The van der Waals surface area contributed by atoms with Gasteiger partial charge >= 0.3 is 6.09 Å². The Kier molecular flexibility index (Phi) is 9.36. The molecule has 0 radical (unpaired) electrons. The molecule has 0 unspecified atom stereocenters. The van der Waals surface area contributed by atoms with Gasteiger partial charge < -0.3 is 9.16 Å². The highest BCUT2D eigenvalue weighted by Crippen LogP contribution is 2.36. The van der Waals surface area contributed by atoms with Crippen molar-refractivity contribution in [3.05, 3.63) is 70.5 Å². The highest BCUT2D eigenvalue weighted by Gasteiger charge is 2.40. The van der Waals surface area contributed by atoms with Gasteiger partial charge in [-0.1, -0.05) is 68.8 Å². The third-order valence-corrected chi connectivity index (χ3v) is 12.1. The molecule has 8 heteroatoms. The molecule has 2 aromatic carbocycles. The second-order valence-corrected chi connectivity index (χ2v) is 16.2. The summed E-state index contributed by atoms with van der Waals surface area (Å²) in [6.45, 7) is 11.6. The molecule has 0 N–H and O–H groups in total. The van der Waals surface area contributed by atoms with E-state index in [4.69, 9.17) is 20.8 Å². The number of rotatable bonds is 10.